The minimum absolute atomic E-state index is 0.00716. The van der Waals surface area contributed by atoms with Crippen molar-refractivity contribution in [3.8, 4) is 11.1 Å². The standard InChI is InChI=1S/C26H21F4N3O4/c1-13-11-17(26(28,29)30)20(24(35)33(13)2)15-9-7-14(8-10-15)12-19(25(36)37)32-23(34)22-21(27)16-5-3-4-6-18(16)31-22/h3-11,19,31H,12H2,1-2H3,(H,32,34)(H,36,37). The summed E-state index contributed by atoms with van der Waals surface area (Å²) in [6.07, 6.45) is -5.00. The van der Waals surface area contributed by atoms with Gasteiger partial charge in [0, 0.05) is 30.1 Å². The Morgan fingerprint density at radius 1 is 1.11 bits per heavy atom. The first-order valence-electron chi connectivity index (χ1n) is 11.1. The third kappa shape index (κ3) is 4.97. The molecule has 11 heteroatoms. The fourth-order valence-electron chi connectivity index (χ4n) is 4.06. The Balaban J connectivity index is 1.60. The molecular formula is C26H21F4N3O4. The van der Waals surface area contributed by atoms with Gasteiger partial charge in [-0.15, -0.1) is 0 Å². The van der Waals surface area contributed by atoms with Gasteiger partial charge in [0.25, 0.3) is 11.5 Å². The Kier molecular flexibility index (Phi) is 6.64. The highest BCUT2D eigenvalue weighted by molar-refractivity contribution is 6.00. The number of amides is 1. The number of halogens is 4. The molecule has 7 nitrogen and oxygen atoms in total. The lowest BCUT2D eigenvalue weighted by atomic mass is 9.97. The molecule has 0 spiro atoms. The number of aromatic nitrogens is 2. The summed E-state index contributed by atoms with van der Waals surface area (Å²) in [6, 6.07) is 11.0. The summed E-state index contributed by atoms with van der Waals surface area (Å²) < 4.78 is 56.7. The number of carbonyl (C=O) groups excluding carboxylic acids is 1. The molecule has 37 heavy (non-hydrogen) atoms. The molecule has 4 rings (SSSR count). The first kappa shape index (κ1) is 25.7. The summed E-state index contributed by atoms with van der Waals surface area (Å²) in [5.74, 6) is -3.17. The van der Waals surface area contributed by atoms with E-state index in [-0.39, 0.29) is 23.1 Å². The molecule has 1 amide bonds. The van der Waals surface area contributed by atoms with Crippen molar-refractivity contribution in [2.75, 3.05) is 0 Å². The Hall–Kier alpha value is -4.41. The van der Waals surface area contributed by atoms with Crippen LogP contribution in [-0.4, -0.2) is 32.6 Å². The number of H-pyrrole nitrogens is 1. The lowest BCUT2D eigenvalue weighted by Crippen LogP contribution is -2.42. The van der Waals surface area contributed by atoms with Crippen molar-refractivity contribution in [1.82, 2.24) is 14.9 Å². The van der Waals surface area contributed by atoms with Crippen molar-refractivity contribution in [1.29, 1.82) is 0 Å². The number of aliphatic carboxylic acids is 1. The number of carboxylic acids is 1. The SMILES string of the molecule is Cc1cc(C(F)(F)F)c(-c2ccc(CC(NC(=O)c3[nH]c4ccccc4c3F)C(=O)O)cc2)c(=O)n1C. The van der Waals surface area contributed by atoms with Gasteiger partial charge in [0.05, 0.1) is 11.1 Å². The highest BCUT2D eigenvalue weighted by atomic mass is 19.4. The number of nitrogens with one attached hydrogen (secondary N) is 2. The molecule has 0 saturated heterocycles. The van der Waals surface area contributed by atoms with Crippen LogP contribution in [0.5, 0.6) is 0 Å². The molecule has 1 atom stereocenters. The highest BCUT2D eigenvalue weighted by Gasteiger charge is 2.36. The molecule has 2 aromatic heterocycles. The average Bonchev–Trinajstić information content (AvgIpc) is 3.18. The number of carbonyl (C=O) groups is 2. The summed E-state index contributed by atoms with van der Waals surface area (Å²) in [5, 5.41) is 12.0. The van der Waals surface area contributed by atoms with Gasteiger partial charge in [-0.3, -0.25) is 9.59 Å². The van der Waals surface area contributed by atoms with Crippen molar-refractivity contribution in [2.24, 2.45) is 7.05 Å². The fourth-order valence-corrected chi connectivity index (χ4v) is 4.06. The van der Waals surface area contributed by atoms with Crippen LogP contribution in [0.25, 0.3) is 22.0 Å². The van der Waals surface area contributed by atoms with E-state index in [0.29, 0.717) is 11.1 Å². The van der Waals surface area contributed by atoms with Gasteiger partial charge < -0.3 is 20.0 Å². The van der Waals surface area contributed by atoms with Crippen molar-refractivity contribution in [3.05, 3.63) is 93.3 Å². The number of alkyl halides is 3. The Morgan fingerprint density at radius 2 is 1.76 bits per heavy atom. The van der Waals surface area contributed by atoms with Crippen molar-refractivity contribution < 1.29 is 32.3 Å². The minimum Gasteiger partial charge on any atom is -0.480 e. The van der Waals surface area contributed by atoms with Gasteiger partial charge in [0.15, 0.2) is 5.82 Å². The molecule has 0 aliphatic rings. The first-order valence-corrected chi connectivity index (χ1v) is 11.1. The van der Waals surface area contributed by atoms with Crippen LogP contribution in [-0.2, 0) is 24.4 Å². The number of aromatic amines is 1. The largest absolute Gasteiger partial charge is 0.480 e. The van der Waals surface area contributed by atoms with Gasteiger partial charge in [-0.05, 0) is 36.2 Å². The molecule has 0 saturated carbocycles. The zero-order chi connectivity index (χ0) is 27.1. The molecule has 192 valence electrons. The predicted molar refractivity (Wildman–Crippen MR) is 128 cm³/mol. The molecule has 4 aromatic rings. The summed E-state index contributed by atoms with van der Waals surface area (Å²) in [7, 11) is 1.37. The smallest absolute Gasteiger partial charge is 0.417 e. The average molecular weight is 515 g/mol. The Labute approximate surface area is 207 Å². The predicted octanol–water partition coefficient (Wildman–Crippen LogP) is 4.43. The maximum Gasteiger partial charge on any atom is 0.417 e. The van der Waals surface area contributed by atoms with Crippen LogP contribution in [0.1, 0.15) is 27.3 Å². The topological polar surface area (TPSA) is 104 Å². The van der Waals surface area contributed by atoms with Gasteiger partial charge >= 0.3 is 12.1 Å². The van der Waals surface area contributed by atoms with E-state index in [0.717, 1.165) is 10.6 Å². The summed E-state index contributed by atoms with van der Waals surface area (Å²) in [6.45, 7) is 1.39. The van der Waals surface area contributed by atoms with Crippen LogP contribution < -0.4 is 10.9 Å². The molecule has 0 aliphatic heterocycles. The van der Waals surface area contributed by atoms with Crippen LogP contribution in [0.15, 0.2) is 59.4 Å². The summed E-state index contributed by atoms with van der Waals surface area (Å²) in [4.78, 5) is 39.7. The molecular weight excluding hydrogens is 494 g/mol. The van der Waals surface area contributed by atoms with E-state index >= 15 is 0 Å². The number of fused-ring (bicyclic) bond motifs is 1. The summed E-state index contributed by atoms with van der Waals surface area (Å²) in [5.41, 5.74) is -1.95. The van der Waals surface area contributed by atoms with E-state index in [2.05, 4.69) is 10.3 Å². The zero-order valence-electron chi connectivity index (χ0n) is 19.6. The van der Waals surface area contributed by atoms with E-state index in [1.165, 1.54) is 44.3 Å². The lowest BCUT2D eigenvalue weighted by molar-refractivity contribution is -0.139. The summed E-state index contributed by atoms with van der Waals surface area (Å²) >= 11 is 0. The van der Waals surface area contributed by atoms with Crippen LogP contribution >= 0.6 is 0 Å². The number of hydrogen-bond acceptors (Lipinski definition) is 3. The molecule has 0 radical (unpaired) electrons. The highest BCUT2D eigenvalue weighted by Crippen LogP contribution is 2.35. The second kappa shape index (κ2) is 9.57. The zero-order valence-corrected chi connectivity index (χ0v) is 19.6. The second-order valence-corrected chi connectivity index (χ2v) is 8.56. The maximum absolute atomic E-state index is 14.6. The van der Waals surface area contributed by atoms with E-state index in [1.54, 1.807) is 18.2 Å². The Bertz CT molecular complexity index is 1570. The van der Waals surface area contributed by atoms with E-state index in [4.69, 9.17) is 0 Å². The minimum atomic E-state index is -4.76. The van der Waals surface area contributed by atoms with Gasteiger partial charge in [0.2, 0.25) is 0 Å². The third-order valence-electron chi connectivity index (χ3n) is 6.13. The molecule has 0 aliphatic carbocycles. The fraction of sp³-hybridized carbons (Fsp3) is 0.192. The third-order valence-corrected chi connectivity index (χ3v) is 6.13. The molecule has 0 bridgehead atoms. The van der Waals surface area contributed by atoms with E-state index in [9.17, 15) is 37.1 Å². The Morgan fingerprint density at radius 3 is 2.35 bits per heavy atom. The van der Waals surface area contributed by atoms with E-state index < -0.39 is 52.3 Å². The van der Waals surface area contributed by atoms with Crippen LogP contribution in [0.4, 0.5) is 17.6 Å². The number of aryl methyl sites for hydroxylation is 1. The number of hydrogen-bond donors (Lipinski definition) is 3. The quantitative estimate of drug-likeness (QED) is 0.331. The molecule has 3 N–H and O–H groups in total. The van der Waals surface area contributed by atoms with Gasteiger partial charge in [-0.1, -0.05) is 36.4 Å². The number of pyridine rings is 1. The number of nitrogens with zero attached hydrogens (tertiary/aromatic N) is 1. The number of benzene rings is 2. The monoisotopic (exact) mass is 515 g/mol. The van der Waals surface area contributed by atoms with Gasteiger partial charge in [0.1, 0.15) is 11.7 Å². The second-order valence-electron chi connectivity index (χ2n) is 8.56. The lowest BCUT2D eigenvalue weighted by Gasteiger charge is -2.17. The van der Waals surface area contributed by atoms with Gasteiger partial charge in [-0.2, -0.15) is 13.2 Å². The molecule has 2 heterocycles. The first-order chi connectivity index (χ1) is 17.4. The van der Waals surface area contributed by atoms with Crippen LogP contribution in [0.3, 0.4) is 0 Å². The van der Waals surface area contributed by atoms with E-state index in [1.807, 2.05) is 0 Å². The van der Waals surface area contributed by atoms with Crippen LogP contribution in [0.2, 0.25) is 0 Å². The number of carboxylic acid groups (broad SMARTS) is 1. The molecule has 1 unspecified atom stereocenters. The number of rotatable bonds is 6. The molecule has 0 fully saturated rings. The van der Waals surface area contributed by atoms with Crippen LogP contribution in [0, 0.1) is 12.7 Å². The van der Waals surface area contributed by atoms with Crippen molar-refractivity contribution in [2.45, 2.75) is 25.6 Å². The van der Waals surface area contributed by atoms with Crippen molar-refractivity contribution >= 4 is 22.8 Å². The molecule has 2 aromatic carbocycles. The normalized spacial score (nSPS) is 12.5. The van der Waals surface area contributed by atoms with Gasteiger partial charge in [-0.25, -0.2) is 9.18 Å². The maximum atomic E-state index is 14.6. The number of para-hydroxylation sites is 1. The van der Waals surface area contributed by atoms with Crippen molar-refractivity contribution in [3.63, 3.8) is 0 Å².